The van der Waals surface area contributed by atoms with E-state index in [-0.39, 0.29) is 0 Å². The minimum Gasteiger partial charge on any atom is -0.0654 e. The third kappa shape index (κ3) is 30.0. The smallest absolute Gasteiger partial charge is 0.0443 e. The van der Waals surface area contributed by atoms with Crippen molar-refractivity contribution in [3.8, 4) is 0 Å². The molecule has 0 radical (unpaired) electrons. The number of hydrogen-bond donors (Lipinski definition) is 0. The Kier molecular flexibility index (Phi) is 31.0. The molecule has 0 bridgehead atoms. The lowest BCUT2D eigenvalue weighted by atomic mass is 9.98. The van der Waals surface area contributed by atoms with Crippen molar-refractivity contribution < 1.29 is 0 Å². The van der Waals surface area contributed by atoms with E-state index in [1.807, 2.05) is 0 Å². The van der Waals surface area contributed by atoms with Gasteiger partial charge < -0.3 is 0 Å². The van der Waals surface area contributed by atoms with Gasteiger partial charge in [-0.15, -0.1) is 0 Å². The lowest BCUT2D eigenvalue weighted by Gasteiger charge is -2.09. The minimum atomic E-state index is 0.962. The molecule has 0 heteroatoms. The average molecular weight is 479 g/mol. The van der Waals surface area contributed by atoms with Gasteiger partial charge in [-0.1, -0.05) is 213 Å². The number of hydrogen-bond acceptors (Lipinski definition) is 0. The molecule has 34 heavy (non-hydrogen) atoms. The third-order valence-corrected chi connectivity index (χ3v) is 8.08. The summed E-state index contributed by atoms with van der Waals surface area (Å²) in [6.07, 6.45) is 44.3. The molecule has 0 aliphatic carbocycles. The van der Waals surface area contributed by atoms with E-state index < -0.39 is 0 Å². The van der Waals surface area contributed by atoms with Gasteiger partial charge in [0.05, 0.1) is 0 Å². The topological polar surface area (TPSA) is 0 Å². The van der Waals surface area contributed by atoms with E-state index in [1.54, 1.807) is 0 Å². The van der Waals surface area contributed by atoms with Crippen LogP contribution in [0.3, 0.4) is 0 Å². The molecule has 0 N–H and O–H groups in total. The van der Waals surface area contributed by atoms with Crippen molar-refractivity contribution in [1.29, 1.82) is 0 Å². The van der Waals surface area contributed by atoms with E-state index in [0.717, 1.165) is 5.92 Å². The fraction of sp³-hybridized carbons (Fsp3) is 1.00. The van der Waals surface area contributed by atoms with Gasteiger partial charge in [0.15, 0.2) is 0 Å². The first-order chi connectivity index (χ1) is 16.8. The van der Waals surface area contributed by atoms with Gasteiger partial charge >= 0.3 is 0 Å². The van der Waals surface area contributed by atoms with Gasteiger partial charge in [-0.25, -0.2) is 0 Å². The maximum Gasteiger partial charge on any atom is -0.0443 e. The first kappa shape index (κ1) is 34.0. The van der Waals surface area contributed by atoms with Gasteiger partial charge in [0.2, 0.25) is 0 Å². The monoisotopic (exact) mass is 479 g/mol. The van der Waals surface area contributed by atoms with Gasteiger partial charge in [0, 0.05) is 0 Å². The molecule has 0 saturated carbocycles. The predicted molar refractivity (Wildman–Crippen MR) is 159 cm³/mol. The van der Waals surface area contributed by atoms with Crippen LogP contribution < -0.4 is 0 Å². The molecular formula is C34H70. The number of rotatable bonds is 30. The summed E-state index contributed by atoms with van der Waals surface area (Å²) >= 11 is 0. The molecule has 0 aliphatic rings. The van der Waals surface area contributed by atoms with Crippen LogP contribution in [0.15, 0.2) is 0 Å². The first-order valence-corrected chi connectivity index (χ1v) is 16.8. The van der Waals surface area contributed by atoms with Crippen LogP contribution in [0.4, 0.5) is 0 Å². The summed E-state index contributed by atoms with van der Waals surface area (Å²) in [6, 6.07) is 0. The highest BCUT2D eigenvalue weighted by Gasteiger charge is 2.00. The van der Waals surface area contributed by atoms with Gasteiger partial charge in [0.25, 0.3) is 0 Å². The molecule has 0 fully saturated rings. The van der Waals surface area contributed by atoms with Crippen molar-refractivity contribution in [2.45, 2.75) is 213 Å². The lowest BCUT2D eigenvalue weighted by Crippen LogP contribution is -1.93. The predicted octanol–water partition coefficient (Wildman–Crippen LogP) is 13.4. The Hall–Kier alpha value is 0. The first-order valence-electron chi connectivity index (χ1n) is 16.8. The van der Waals surface area contributed by atoms with Gasteiger partial charge in [-0.05, 0) is 5.92 Å². The van der Waals surface area contributed by atoms with Crippen LogP contribution in [0.25, 0.3) is 0 Å². The second kappa shape index (κ2) is 31.0. The van der Waals surface area contributed by atoms with Crippen LogP contribution in [0.2, 0.25) is 0 Å². The second-order valence-corrected chi connectivity index (χ2v) is 11.9. The van der Waals surface area contributed by atoms with Crippen molar-refractivity contribution in [3.05, 3.63) is 0 Å². The van der Waals surface area contributed by atoms with Crippen molar-refractivity contribution in [2.75, 3.05) is 0 Å². The molecule has 0 heterocycles. The van der Waals surface area contributed by atoms with E-state index in [1.165, 1.54) is 193 Å². The van der Waals surface area contributed by atoms with E-state index in [9.17, 15) is 0 Å². The largest absolute Gasteiger partial charge is 0.0654 e. The molecule has 1 atom stereocenters. The molecule has 0 aromatic rings. The van der Waals surface area contributed by atoms with Crippen LogP contribution in [-0.4, -0.2) is 0 Å². The van der Waals surface area contributed by atoms with Gasteiger partial charge in [0.1, 0.15) is 0 Å². The Bertz CT molecular complexity index is 333. The molecule has 0 saturated heterocycles. The van der Waals surface area contributed by atoms with E-state index >= 15 is 0 Å². The molecule has 0 nitrogen and oxygen atoms in total. The number of unbranched alkanes of at least 4 members (excludes halogenated alkanes) is 26. The summed E-state index contributed by atoms with van der Waals surface area (Å²) in [5.74, 6) is 0.962. The van der Waals surface area contributed by atoms with Crippen LogP contribution >= 0.6 is 0 Å². The van der Waals surface area contributed by atoms with E-state index in [0.29, 0.717) is 0 Å². The highest BCUT2D eigenvalue weighted by molar-refractivity contribution is 4.54. The molecule has 0 unspecified atom stereocenters. The minimum absolute atomic E-state index is 0.962. The Morgan fingerprint density at radius 3 is 0.735 bits per heavy atom. The van der Waals surface area contributed by atoms with Crippen LogP contribution in [0, 0.1) is 5.92 Å². The molecular weight excluding hydrogens is 408 g/mol. The fourth-order valence-corrected chi connectivity index (χ4v) is 5.62. The SMILES string of the molecule is CCCCCCCCCCCCCCCCCCCCCCCCCCCCC[C@@H](C)CCC. The van der Waals surface area contributed by atoms with E-state index in [2.05, 4.69) is 20.8 Å². The zero-order chi connectivity index (χ0) is 24.8. The third-order valence-electron chi connectivity index (χ3n) is 8.08. The summed E-state index contributed by atoms with van der Waals surface area (Å²) in [7, 11) is 0. The second-order valence-electron chi connectivity index (χ2n) is 11.9. The molecule has 0 rings (SSSR count). The van der Waals surface area contributed by atoms with Gasteiger partial charge in [-0.2, -0.15) is 0 Å². The van der Waals surface area contributed by atoms with Crippen molar-refractivity contribution in [3.63, 3.8) is 0 Å². The highest BCUT2D eigenvalue weighted by Crippen LogP contribution is 2.18. The van der Waals surface area contributed by atoms with Crippen LogP contribution in [0.5, 0.6) is 0 Å². The summed E-state index contributed by atoms with van der Waals surface area (Å²) in [4.78, 5) is 0. The fourth-order valence-electron chi connectivity index (χ4n) is 5.62. The maximum absolute atomic E-state index is 2.43. The van der Waals surface area contributed by atoms with Gasteiger partial charge in [-0.3, -0.25) is 0 Å². The molecule has 0 aromatic heterocycles. The molecule has 0 aromatic carbocycles. The van der Waals surface area contributed by atoms with Crippen molar-refractivity contribution in [1.82, 2.24) is 0 Å². The van der Waals surface area contributed by atoms with Crippen molar-refractivity contribution >= 4 is 0 Å². The zero-order valence-electron chi connectivity index (χ0n) is 24.8. The molecule has 0 aliphatic heterocycles. The lowest BCUT2D eigenvalue weighted by molar-refractivity contribution is 0.449. The molecule has 206 valence electrons. The summed E-state index contributed by atoms with van der Waals surface area (Å²) < 4.78 is 0. The summed E-state index contributed by atoms with van der Waals surface area (Å²) in [5.41, 5.74) is 0. The Balaban J connectivity index is 3.03. The quantitative estimate of drug-likeness (QED) is 0.0900. The van der Waals surface area contributed by atoms with E-state index in [4.69, 9.17) is 0 Å². The normalized spacial score (nSPS) is 12.4. The summed E-state index contributed by atoms with van der Waals surface area (Å²) in [6.45, 7) is 7.06. The molecule has 0 spiro atoms. The Morgan fingerprint density at radius 2 is 0.500 bits per heavy atom. The molecule has 0 amide bonds. The highest BCUT2D eigenvalue weighted by atomic mass is 14.1. The van der Waals surface area contributed by atoms with Crippen LogP contribution in [0.1, 0.15) is 213 Å². The Labute approximate surface area is 219 Å². The standard InChI is InChI=1S/C34H70/c1-4-6-7-8-9-10-11-12-13-14-15-16-17-18-19-20-21-22-23-24-25-26-27-28-29-30-31-33-34(3)32-5-2/h34H,4-33H2,1-3H3/t34-/m0/s1. The zero-order valence-corrected chi connectivity index (χ0v) is 24.8. The van der Waals surface area contributed by atoms with Crippen LogP contribution in [-0.2, 0) is 0 Å². The summed E-state index contributed by atoms with van der Waals surface area (Å²) in [5, 5.41) is 0. The average Bonchev–Trinajstić information content (AvgIpc) is 2.83. The maximum atomic E-state index is 2.43. The Morgan fingerprint density at radius 1 is 0.265 bits per heavy atom. The van der Waals surface area contributed by atoms with Crippen molar-refractivity contribution in [2.24, 2.45) is 5.92 Å².